The number of aromatic amines is 2. The molecule has 0 radical (unpaired) electrons. The summed E-state index contributed by atoms with van der Waals surface area (Å²) < 4.78 is 6.84. The molecule has 0 bridgehead atoms. The van der Waals surface area contributed by atoms with Crippen LogP contribution in [-0.2, 0) is 11.2 Å². The molecule has 2 atom stereocenters. The molecule has 0 spiro atoms. The average molecular weight is 370 g/mol. The van der Waals surface area contributed by atoms with Crippen molar-refractivity contribution in [2.75, 3.05) is 5.32 Å². The van der Waals surface area contributed by atoms with Crippen LogP contribution in [0.15, 0.2) is 27.6 Å². The molecule has 3 aromatic heterocycles. The third-order valence-electron chi connectivity index (χ3n) is 4.99. The molecule has 0 saturated heterocycles. The van der Waals surface area contributed by atoms with E-state index < -0.39 is 0 Å². The van der Waals surface area contributed by atoms with E-state index in [1.807, 2.05) is 26.1 Å². The van der Waals surface area contributed by atoms with Gasteiger partial charge in [0.05, 0.1) is 12.1 Å². The van der Waals surface area contributed by atoms with Gasteiger partial charge in [-0.3, -0.25) is 14.5 Å². The molecule has 27 heavy (non-hydrogen) atoms. The van der Waals surface area contributed by atoms with Crippen LogP contribution in [0.3, 0.4) is 0 Å². The number of nitrogens with zero attached hydrogens (tertiary/aromatic N) is 3. The number of nitrogens with one attached hydrogen (secondary N) is 3. The van der Waals surface area contributed by atoms with Gasteiger partial charge in [-0.15, -0.1) is 0 Å². The van der Waals surface area contributed by atoms with Crippen LogP contribution in [-0.4, -0.2) is 30.8 Å². The zero-order valence-electron chi connectivity index (χ0n) is 15.3. The van der Waals surface area contributed by atoms with Crippen molar-refractivity contribution in [1.29, 1.82) is 0 Å². The van der Waals surface area contributed by atoms with E-state index in [0.717, 1.165) is 36.3 Å². The molecule has 142 valence electrons. The number of aromatic nitrogens is 5. The fourth-order valence-corrected chi connectivity index (χ4v) is 3.75. The Bertz CT molecular complexity index is 1010. The molecule has 1 saturated carbocycles. The van der Waals surface area contributed by atoms with Gasteiger partial charge in [0.2, 0.25) is 5.91 Å². The van der Waals surface area contributed by atoms with Crippen molar-refractivity contribution in [1.82, 2.24) is 24.9 Å². The van der Waals surface area contributed by atoms with Gasteiger partial charge in [-0.1, -0.05) is 5.16 Å². The quantitative estimate of drug-likeness (QED) is 0.635. The van der Waals surface area contributed by atoms with Crippen molar-refractivity contribution in [3.05, 3.63) is 51.7 Å². The topological polar surface area (TPSA) is 122 Å². The summed E-state index contributed by atoms with van der Waals surface area (Å²) in [5.41, 5.74) is 2.53. The molecular weight excluding hydrogens is 348 g/mol. The Kier molecular flexibility index (Phi) is 4.43. The SMILES string of the molecule is Cc1cc(CC(=O)Nc2cc([C@@H]3CC[C@H](n4cc(C)[nH]c4=O)C3)[nH]n2)on1. The van der Waals surface area contributed by atoms with E-state index in [9.17, 15) is 9.59 Å². The molecule has 3 heterocycles. The Labute approximate surface area is 155 Å². The number of carbonyl (C=O) groups excluding carboxylic acids is 1. The summed E-state index contributed by atoms with van der Waals surface area (Å²) in [7, 11) is 0. The first-order chi connectivity index (χ1) is 13.0. The van der Waals surface area contributed by atoms with E-state index in [1.54, 1.807) is 10.6 Å². The smallest absolute Gasteiger partial charge is 0.325 e. The summed E-state index contributed by atoms with van der Waals surface area (Å²) in [4.78, 5) is 26.9. The summed E-state index contributed by atoms with van der Waals surface area (Å²) in [6.07, 6.45) is 4.76. The molecule has 1 fully saturated rings. The van der Waals surface area contributed by atoms with Gasteiger partial charge in [-0.25, -0.2) is 4.79 Å². The standard InChI is InChI=1S/C18H22N6O3/c1-10-5-14(27-23-10)7-17(25)20-16-8-15(21-22-16)12-3-4-13(6-12)24-9-11(2)19-18(24)26/h5,8-9,12-13H,3-4,6-7H2,1-2H3,(H,19,26)(H2,20,21,22,25)/t12-,13+/m1/s1. The summed E-state index contributed by atoms with van der Waals surface area (Å²) >= 11 is 0. The Morgan fingerprint density at radius 3 is 2.93 bits per heavy atom. The molecule has 1 aliphatic carbocycles. The lowest BCUT2D eigenvalue weighted by Crippen LogP contribution is -2.20. The lowest BCUT2D eigenvalue weighted by molar-refractivity contribution is -0.115. The molecule has 3 N–H and O–H groups in total. The van der Waals surface area contributed by atoms with Crippen LogP contribution < -0.4 is 11.0 Å². The highest BCUT2D eigenvalue weighted by Gasteiger charge is 2.29. The first-order valence-electron chi connectivity index (χ1n) is 9.03. The van der Waals surface area contributed by atoms with Gasteiger partial charge in [0.25, 0.3) is 0 Å². The molecule has 0 aliphatic heterocycles. The highest BCUT2D eigenvalue weighted by molar-refractivity contribution is 5.91. The molecule has 3 aromatic rings. The average Bonchev–Trinajstić information content (AvgIpc) is 3.36. The first-order valence-corrected chi connectivity index (χ1v) is 9.03. The Morgan fingerprint density at radius 1 is 1.37 bits per heavy atom. The fourth-order valence-electron chi connectivity index (χ4n) is 3.75. The van der Waals surface area contributed by atoms with E-state index in [1.165, 1.54) is 0 Å². The third-order valence-corrected chi connectivity index (χ3v) is 4.99. The predicted molar refractivity (Wildman–Crippen MR) is 97.6 cm³/mol. The van der Waals surface area contributed by atoms with Gasteiger partial charge in [0.15, 0.2) is 5.82 Å². The molecular formula is C18H22N6O3. The van der Waals surface area contributed by atoms with Crippen LogP contribution in [0, 0.1) is 13.8 Å². The van der Waals surface area contributed by atoms with Crippen LogP contribution in [0.5, 0.6) is 0 Å². The minimum atomic E-state index is -0.206. The molecule has 9 heteroatoms. The number of anilines is 1. The lowest BCUT2D eigenvalue weighted by Gasteiger charge is -2.10. The third kappa shape index (κ3) is 3.71. The van der Waals surface area contributed by atoms with Gasteiger partial charge in [-0.2, -0.15) is 5.10 Å². The van der Waals surface area contributed by atoms with Gasteiger partial charge in [0.1, 0.15) is 5.76 Å². The van der Waals surface area contributed by atoms with Crippen molar-refractivity contribution in [2.45, 2.75) is 51.5 Å². The van der Waals surface area contributed by atoms with Crippen molar-refractivity contribution >= 4 is 11.7 Å². The van der Waals surface area contributed by atoms with Crippen LogP contribution in [0.1, 0.15) is 54.1 Å². The summed E-state index contributed by atoms with van der Waals surface area (Å²) in [5, 5.41) is 13.7. The Hall–Kier alpha value is -3.10. The zero-order valence-corrected chi connectivity index (χ0v) is 15.3. The number of aryl methyl sites for hydroxylation is 2. The maximum atomic E-state index is 12.1. The number of hydrogen-bond donors (Lipinski definition) is 3. The normalized spacial score (nSPS) is 19.5. The van der Waals surface area contributed by atoms with Crippen LogP contribution >= 0.6 is 0 Å². The summed E-state index contributed by atoms with van der Waals surface area (Å²) in [6.45, 7) is 3.69. The van der Waals surface area contributed by atoms with Crippen molar-refractivity contribution in [3.8, 4) is 0 Å². The molecule has 0 aromatic carbocycles. The maximum absolute atomic E-state index is 12.1. The minimum absolute atomic E-state index is 0.0571. The Morgan fingerprint density at radius 2 is 2.22 bits per heavy atom. The number of rotatable bonds is 5. The fraction of sp³-hybridized carbons (Fsp3) is 0.444. The van der Waals surface area contributed by atoms with E-state index in [-0.39, 0.29) is 30.0 Å². The second kappa shape index (κ2) is 6.90. The Balaban J connectivity index is 1.37. The van der Waals surface area contributed by atoms with E-state index in [2.05, 4.69) is 25.7 Å². The summed E-state index contributed by atoms with van der Waals surface area (Å²) in [6, 6.07) is 3.78. The van der Waals surface area contributed by atoms with Gasteiger partial charge in [0, 0.05) is 41.7 Å². The monoisotopic (exact) mass is 370 g/mol. The maximum Gasteiger partial charge on any atom is 0.325 e. The predicted octanol–water partition coefficient (Wildman–Crippen LogP) is 2.19. The molecule has 1 amide bonds. The van der Waals surface area contributed by atoms with E-state index in [4.69, 9.17) is 4.52 Å². The van der Waals surface area contributed by atoms with Crippen molar-refractivity contribution in [3.63, 3.8) is 0 Å². The lowest BCUT2D eigenvalue weighted by atomic mass is 10.0. The van der Waals surface area contributed by atoms with Crippen LogP contribution in [0.25, 0.3) is 0 Å². The van der Waals surface area contributed by atoms with Crippen LogP contribution in [0.4, 0.5) is 5.82 Å². The van der Waals surface area contributed by atoms with Gasteiger partial charge >= 0.3 is 5.69 Å². The molecule has 9 nitrogen and oxygen atoms in total. The summed E-state index contributed by atoms with van der Waals surface area (Å²) in [5.74, 6) is 1.09. The largest absolute Gasteiger partial charge is 0.361 e. The van der Waals surface area contributed by atoms with Crippen LogP contribution in [0.2, 0.25) is 0 Å². The number of amides is 1. The second-order valence-electron chi connectivity index (χ2n) is 7.18. The number of carbonyl (C=O) groups is 1. The molecule has 4 rings (SSSR count). The number of H-pyrrole nitrogens is 2. The highest BCUT2D eigenvalue weighted by Crippen LogP contribution is 2.40. The van der Waals surface area contributed by atoms with E-state index >= 15 is 0 Å². The second-order valence-corrected chi connectivity index (χ2v) is 7.18. The zero-order chi connectivity index (χ0) is 19.0. The van der Waals surface area contributed by atoms with Crippen molar-refractivity contribution < 1.29 is 9.32 Å². The first kappa shape index (κ1) is 17.3. The van der Waals surface area contributed by atoms with Gasteiger partial charge in [-0.05, 0) is 33.1 Å². The number of imidazole rings is 1. The minimum Gasteiger partial charge on any atom is -0.361 e. The van der Waals surface area contributed by atoms with E-state index in [0.29, 0.717) is 11.6 Å². The molecule has 0 unspecified atom stereocenters. The molecule has 1 aliphatic rings. The van der Waals surface area contributed by atoms with Crippen molar-refractivity contribution in [2.24, 2.45) is 0 Å². The van der Waals surface area contributed by atoms with Gasteiger partial charge < -0.3 is 14.8 Å². The number of hydrogen-bond acceptors (Lipinski definition) is 5. The highest BCUT2D eigenvalue weighted by atomic mass is 16.5.